The fourth-order valence-corrected chi connectivity index (χ4v) is 2.75. The number of rotatable bonds is 5. The Balaban J connectivity index is 2.65. The fraction of sp³-hybridized carbons (Fsp3) is 1.00. The van der Waals surface area contributed by atoms with Crippen LogP contribution in [0.2, 0.25) is 0 Å². The Morgan fingerprint density at radius 2 is 2.27 bits per heavy atom. The fourth-order valence-electron chi connectivity index (χ4n) is 2.75. The predicted octanol–water partition coefficient (Wildman–Crippen LogP) is 1.61. The van der Waals surface area contributed by atoms with E-state index in [1.165, 1.54) is 25.7 Å². The van der Waals surface area contributed by atoms with Gasteiger partial charge in [-0.3, -0.25) is 4.90 Å². The lowest BCUT2D eigenvalue weighted by molar-refractivity contribution is -0.0117. The van der Waals surface area contributed by atoms with Gasteiger partial charge in [-0.1, -0.05) is 6.92 Å². The van der Waals surface area contributed by atoms with Crippen LogP contribution in [0.1, 0.15) is 39.0 Å². The molecular formula is C12H26N2O. The van der Waals surface area contributed by atoms with Gasteiger partial charge in [-0.05, 0) is 45.7 Å². The van der Waals surface area contributed by atoms with Crippen molar-refractivity contribution >= 4 is 0 Å². The number of hydrogen-bond acceptors (Lipinski definition) is 3. The first-order chi connectivity index (χ1) is 7.18. The molecule has 0 saturated heterocycles. The molecule has 3 heteroatoms. The lowest BCUT2D eigenvalue weighted by atomic mass is 9.79. The van der Waals surface area contributed by atoms with E-state index in [0.29, 0.717) is 6.10 Å². The normalized spacial score (nSPS) is 32.2. The lowest BCUT2D eigenvalue weighted by Gasteiger charge is -2.46. The van der Waals surface area contributed by atoms with Gasteiger partial charge in [0.15, 0.2) is 0 Å². The molecule has 2 unspecified atom stereocenters. The lowest BCUT2D eigenvalue weighted by Crippen LogP contribution is -2.56. The highest BCUT2D eigenvalue weighted by Crippen LogP contribution is 2.33. The van der Waals surface area contributed by atoms with E-state index in [2.05, 4.69) is 18.9 Å². The topological polar surface area (TPSA) is 38.5 Å². The third kappa shape index (κ3) is 2.92. The second-order valence-electron chi connectivity index (χ2n) is 4.80. The molecule has 0 heterocycles. The Kier molecular flexibility index (Phi) is 5.03. The number of nitrogens with two attached hydrogens (primary N) is 1. The number of hydrogen-bond donors (Lipinski definition) is 1. The first-order valence-corrected chi connectivity index (χ1v) is 6.12. The van der Waals surface area contributed by atoms with Crippen molar-refractivity contribution < 1.29 is 4.74 Å². The zero-order chi connectivity index (χ0) is 11.3. The van der Waals surface area contributed by atoms with E-state index in [9.17, 15) is 0 Å². The molecule has 0 spiro atoms. The molecule has 0 aromatic heterocycles. The maximum atomic E-state index is 5.99. The van der Waals surface area contributed by atoms with E-state index in [1.54, 1.807) is 0 Å². The standard InChI is InChI=1S/C12H26N2O/c1-4-8-14(2)12(10-13)7-5-6-11(9-12)15-3/h11H,4-10,13H2,1-3H3. The van der Waals surface area contributed by atoms with Gasteiger partial charge < -0.3 is 10.5 Å². The van der Waals surface area contributed by atoms with Gasteiger partial charge in [0.1, 0.15) is 0 Å². The van der Waals surface area contributed by atoms with Crippen LogP contribution < -0.4 is 5.73 Å². The van der Waals surface area contributed by atoms with Crippen molar-refractivity contribution in [1.82, 2.24) is 4.90 Å². The quantitative estimate of drug-likeness (QED) is 0.755. The third-order valence-electron chi connectivity index (χ3n) is 3.86. The molecule has 2 atom stereocenters. The summed E-state index contributed by atoms with van der Waals surface area (Å²) in [5.41, 5.74) is 6.18. The van der Waals surface area contributed by atoms with Crippen LogP contribution in [0.5, 0.6) is 0 Å². The first kappa shape index (κ1) is 12.9. The van der Waals surface area contributed by atoms with Crippen molar-refractivity contribution in [2.45, 2.75) is 50.7 Å². The highest BCUT2D eigenvalue weighted by atomic mass is 16.5. The Labute approximate surface area is 94.0 Å². The number of ether oxygens (including phenoxy) is 1. The number of methoxy groups -OCH3 is 1. The van der Waals surface area contributed by atoms with Crippen LogP contribution in [0, 0.1) is 0 Å². The van der Waals surface area contributed by atoms with Crippen LogP contribution in [-0.4, -0.2) is 43.8 Å². The van der Waals surface area contributed by atoms with E-state index in [-0.39, 0.29) is 5.54 Å². The minimum absolute atomic E-state index is 0.189. The molecule has 3 nitrogen and oxygen atoms in total. The summed E-state index contributed by atoms with van der Waals surface area (Å²) < 4.78 is 5.49. The molecule has 0 aromatic carbocycles. The van der Waals surface area contributed by atoms with Gasteiger partial charge >= 0.3 is 0 Å². The third-order valence-corrected chi connectivity index (χ3v) is 3.86. The van der Waals surface area contributed by atoms with E-state index in [4.69, 9.17) is 10.5 Å². The Bertz CT molecular complexity index is 186. The summed E-state index contributed by atoms with van der Waals surface area (Å²) in [4.78, 5) is 2.44. The summed E-state index contributed by atoms with van der Waals surface area (Å²) in [5, 5.41) is 0. The van der Waals surface area contributed by atoms with Crippen molar-refractivity contribution in [2.75, 3.05) is 27.2 Å². The average Bonchev–Trinajstić information content (AvgIpc) is 2.29. The highest BCUT2D eigenvalue weighted by molar-refractivity contribution is 4.95. The molecule has 0 aliphatic heterocycles. The van der Waals surface area contributed by atoms with Gasteiger partial charge in [-0.25, -0.2) is 0 Å². The van der Waals surface area contributed by atoms with Crippen molar-refractivity contribution in [3.8, 4) is 0 Å². The first-order valence-electron chi connectivity index (χ1n) is 6.12. The molecule has 0 aromatic rings. The molecule has 0 amide bonds. The van der Waals surface area contributed by atoms with Gasteiger partial charge in [0.2, 0.25) is 0 Å². The van der Waals surface area contributed by atoms with Crippen LogP contribution in [0.15, 0.2) is 0 Å². The zero-order valence-electron chi connectivity index (χ0n) is 10.5. The summed E-state index contributed by atoms with van der Waals surface area (Å²) in [6.07, 6.45) is 6.34. The molecule has 90 valence electrons. The van der Waals surface area contributed by atoms with Crippen LogP contribution in [0.3, 0.4) is 0 Å². The number of likely N-dealkylation sites (N-methyl/N-ethyl adjacent to an activating group) is 1. The predicted molar refractivity (Wildman–Crippen MR) is 64.0 cm³/mol. The summed E-state index contributed by atoms with van der Waals surface area (Å²) in [7, 11) is 4.02. The smallest absolute Gasteiger partial charge is 0.0589 e. The Hall–Kier alpha value is -0.120. The van der Waals surface area contributed by atoms with E-state index < -0.39 is 0 Å². The Morgan fingerprint density at radius 3 is 2.80 bits per heavy atom. The van der Waals surface area contributed by atoms with Gasteiger partial charge in [-0.15, -0.1) is 0 Å². The van der Waals surface area contributed by atoms with Crippen molar-refractivity contribution in [3.63, 3.8) is 0 Å². The van der Waals surface area contributed by atoms with E-state index in [0.717, 1.165) is 19.5 Å². The molecule has 1 saturated carbocycles. The monoisotopic (exact) mass is 214 g/mol. The molecule has 0 radical (unpaired) electrons. The van der Waals surface area contributed by atoms with E-state index in [1.807, 2.05) is 7.11 Å². The van der Waals surface area contributed by atoms with Crippen LogP contribution in [0.4, 0.5) is 0 Å². The van der Waals surface area contributed by atoms with Crippen LogP contribution in [0.25, 0.3) is 0 Å². The van der Waals surface area contributed by atoms with Crippen molar-refractivity contribution in [2.24, 2.45) is 5.73 Å². The highest BCUT2D eigenvalue weighted by Gasteiger charge is 2.38. The van der Waals surface area contributed by atoms with Gasteiger partial charge in [0.25, 0.3) is 0 Å². The summed E-state index contributed by atoms with van der Waals surface area (Å²) in [6, 6.07) is 0. The van der Waals surface area contributed by atoms with Gasteiger partial charge in [0.05, 0.1) is 6.10 Å². The maximum absolute atomic E-state index is 5.99. The molecule has 1 fully saturated rings. The zero-order valence-corrected chi connectivity index (χ0v) is 10.5. The average molecular weight is 214 g/mol. The van der Waals surface area contributed by atoms with Gasteiger partial charge in [-0.2, -0.15) is 0 Å². The van der Waals surface area contributed by atoms with Crippen LogP contribution in [-0.2, 0) is 4.74 Å². The largest absolute Gasteiger partial charge is 0.381 e. The Morgan fingerprint density at radius 1 is 1.53 bits per heavy atom. The molecule has 1 aliphatic carbocycles. The van der Waals surface area contributed by atoms with Crippen molar-refractivity contribution in [1.29, 1.82) is 0 Å². The maximum Gasteiger partial charge on any atom is 0.0589 e. The molecule has 1 aliphatic rings. The molecule has 2 N–H and O–H groups in total. The molecule has 0 bridgehead atoms. The molecular weight excluding hydrogens is 188 g/mol. The van der Waals surface area contributed by atoms with Crippen LogP contribution >= 0.6 is 0 Å². The second-order valence-corrected chi connectivity index (χ2v) is 4.80. The minimum Gasteiger partial charge on any atom is -0.381 e. The van der Waals surface area contributed by atoms with Crippen molar-refractivity contribution in [3.05, 3.63) is 0 Å². The van der Waals surface area contributed by atoms with E-state index >= 15 is 0 Å². The summed E-state index contributed by atoms with van der Waals surface area (Å²) >= 11 is 0. The molecule has 15 heavy (non-hydrogen) atoms. The van der Waals surface area contributed by atoms with Gasteiger partial charge in [0, 0.05) is 19.2 Å². The summed E-state index contributed by atoms with van der Waals surface area (Å²) in [5.74, 6) is 0. The SMILES string of the molecule is CCCN(C)C1(CN)CCCC(OC)C1. The summed E-state index contributed by atoms with van der Waals surface area (Å²) in [6.45, 7) is 4.11. The number of nitrogens with zero attached hydrogens (tertiary/aromatic N) is 1. The second kappa shape index (κ2) is 5.83. The molecule has 1 rings (SSSR count). The minimum atomic E-state index is 0.189.